The molecule has 15 rings (SSSR count). The summed E-state index contributed by atoms with van der Waals surface area (Å²) in [5, 5.41) is 76.2. The number of benzene rings is 3. The number of aromatic nitrogens is 12. The van der Waals surface area contributed by atoms with Crippen LogP contribution in [0.2, 0.25) is 154 Å². The van der Waals surface area contributed by atoms with Crippen LogP contribution in [0, 0.1) is 0 Å². The maximum Gasteiger partial charge on any atom is 0.165 e. The van der Waals surface area contributed by atoms with Gasteiger partial charge in [0.25, 0.3) is 0 Å². The highest BCUT2D eigenvalue weighted by atomic mass is 28.3. The number of hydrogen-bond donors (Lipinski definition) is 6. The summed E-state index contributed by atoms with van der Waals surface area (Å²) in [6.07, 6.45) is 19.0. The Labute approximate surface area is 842 Å². The standard InChI is InChI=1S/3C36H53N5O4Si2/c3*1-46(2,3)20-18-44-26-40(27-45-19-21-47(4,5)6)34-22-33(29-14-16-36(43,25-42)17-15-29)39-35-31(24-38-41(34)35)30-12-13-32(37-23-30)28-10-8-7-9-11-28/h3*7-13,22-24,29,42-43H,14-21,25-27H2,1-6H3. The lowest BCUT2D eigenvalue weighted by atomic mass is 9.78. The summed E-state index contributed by atoms with van der Waals surface area (Å²) in [4.78, 5) is 36.4. The number of fused-ring (bicyclic) bond motifs is 3. The Hall–Kier alpha value is -8.81. The van der Waals surface area contributed by atoms with Crippen molar-refractivity contribution in [1.82, 2.24) is 58.7 Å². The molecule has 0 radical (unpaired) electrons. The SMILES string of the molecule is C[Si](C)(C)CCOCN(COCC[Si](C)(C)C)c1cc(C2CCC(O)(CO)CC2)nc2c(-c3ccc(-c4ccccc4)nc3)cnn12.C[Si](C)(C)CCOCN(COCC[Si](C)(C)C)c1cc(C2CCC(O)(CO)CC2)nc2c(-c3ccc(-c4ccccc4)nc3)cnn12.C[Si](C)(C)CCOCN(COCC[Si](C)(C)C)c1cc(C2CCC(O)(CO)CC2)nc2c(-c3ccc(-c4ccccc4)nc3)cnn12. The van der Waals surface area contributed by atoms with Gasteiger partial charge in [0, 0.05) is 210 Å². The minimum Gasteiger partial charge on any atom is -0.393 e. The van der Waals surface area contributed by atoms with E-state index in [2.05, 4.69) is 205 Å². The van der Waals surface area contributed by atoms with Gasteiger partial charge < -0.3 is 73.8 Å². The van der Waals surface area contributed by atoms with Gasteiger partial charge in [-0.2, -0.15) is 28.8 Å². The van der Waals surface area contributed by atoms with Gasteiger partial charge in [0.2, 0.25) is 0 Å². The Kier molecular flexibility index (Phi) is 38.0. The first-order chi connectivity index (χ1) is 67.0. The van der Waals surface area contributed by atoms with Crippen molar-refractivity contribution in [3.8, 4) is 67.2 Å². The van der Waals surface area contributed by atoms with Gasteiger partial charge in [-0.3, -0.25) is 15.0 Å². The maximum absolute atomic E-state index is 10.8. The highest BCUT2D eigenvalue weighted by Crippen LogP contribution is 2.44. The quantitative estimate of drug-likeness (QED) is 0.0117. The van der Waals surface area contributed by atoms with Crippen LogP contribution in [0.1, 0.15) is 112 Å². The number of hydrogen-bond acceptors (Lipinski definition) is 24. The normalized spacial score (nSPS) is 18.9. The molecule has 3 aliphatic rings. The van der Waals surface area contributed by atoms with Crippen LogP contribution in [0.3, 0.4) is 0 Å². The van der Waals surface area contributed by atoms with E-state index in [-0.39, 0.29) is 37.6 Å². The number of aliphatic hydroxyl groups is 6. The molecular formula is C108H159N15O12Si6. The summed E-state index contributed by atoms with van der Waals surface area (Å²) in [5.41, 5.74) is 13.6. The zero-order chi connectivity index (χ0) is 101. The number of aliphatic hydroxyl groups excluding tert-OH is 3. The summed E-state index contributed by atoms with van der Waals surface area (Å²) in [6.45, 7) is 48.4. The van der Waals surface area contributed by atoms with Crippen molar-refractivity contribution in [2.75, 3.05) is 115 Å². The lowest BCUT2D eigenvalue weighted by Gasteiger charge is -2.34. The van der Waals surface area contributed by atoms with E-state index in [1.54, 1.807) is 0 Å². The van der Waals surface area contributed by atoms with Crippen LogP contribution in [-0.4, -0.2) is 254 Å². The summed E-state index contributed by atoms with van der Waals surface area (Å²) in [7, 11) is -7.52. The fraction of sp³-hybridized carbons (Fsp3) is 0.528. The number of ether oxygens (including phenoxy) is 6. The largest absolute Gasteiger partial charge is 0.393 e. The average molecular weight is 2030 g/mol. The summed E-state index contributed by atoms with van der Waals surface area (Å²) >= 11 is 0. The van der Waals surface area contributed by atoms with Crippen LogP contribution in [0.15, 0.2) is 183 Å². The lowest BCUT2D eigenvalue weighted by molar-refractivity contribution is -0.0459. The third-order valence-corrected chi connectivity index (χ3v) is 37.4. The van der Waals surface area contributed by atoms with Gasteiger partial charge in [-0.05, 0) is 132 Å². The van der Waals surface area contributed by atoms with Gasteiger partial charge >= 0.3 is 0 Å². The molecule has 0 spiro atoms. The highest BCUT2D eigenvalue weighted by molar-refractivity contribution is 6.78. The second kappa shape index (κ2) is 48.9. The van der Waals surface area contributed by atoms with Crippen LogP contribution < -0.4 is 14.7 Å². The fourth-order valence-electron chi connectivity index (χ4n) is 17.5. The van der Waals surface area contributed by atoms with E-state index in [0.717, 1.165) is 193 Å². The monoisotopic (exact) mass is 2030 g/mol. The molecule has 0 bridgehead atoms. The molecule has 3 saturated carbocycles. The topological polar surface area (TPSA) is 316 Å². The molecule has 3 aliphatic carbocycles. The van der Waals surface area contributed by atoms with E-state index in [1.165, 1.54) is 0 Å². The van der Waals surface area contributed by atoms with Gasteiger partial charge in [-0.1, -0.05) is 227 Å². The van der Waals surface area contributed by atoms with Gasteiger partial charge in [0.15, 0.2) is 16.9 Å². The van der Waals surface area contributed by atoms with Crippen molar-refractivity contribution >= 4 is 82.8 Å². The van der Waals surface area contributed by atoms with Crippen molar-refractivity contribution in [3.63, 3.8) is 0 Å². The molecule has 27 nitrogen and oxygen atoms in total. The van der Waals surface area contributed by atoms with Crippen molar-refractivity contribution < 1.29 is 59.1 Å². The first kappa shape index (κ1) is 109. The Morgan fingerprint density at radius 2 is 0.504 bits per heavy atom. The van der Waals surface area contributed by atoms with E-state index in [9.17, 15) is 30.6 Å². The Morgan fingerprint density at radius 3 is 0.688 bits per heavy atom. The van der Waals surface area contributed by atoms with Gasteiger partial charge in [0.05, 0.1) is 72.3 Å². The van der Waals surface area contributed by atoms with E-state index >= 15 is 0 Å². The summed E-state index contributed by atoms with van der Waals surface area (Å²) < 4.78 is 43.5. The number of pyridine rings is 3. The molecule has 6 N–H and O–H groups in total. The Balaban J connectivity index is 0.000000178. The highest BCUT2D eigenvalue weighted by Gasteiger charge is 2.39. The van der Waals surface area contributed by atoms with Crippen molar-refractivity contribution in [2.45, 2.75) is 266 Å². The first-order valence-corrected chi connectivity index (χ1v) is 73.2. The lowest BCUT2D eigenvalue weighted by Crippen LogP contribution is -2.37. The Morgan fingerprint density at radius 1 is 0.291 bits per heavy atom. The molecule has 0 amide bonds. The fourth-order valence-corrected chi connectivity index (χ4v) is 22.0. The molecule has 762 valence electrons. The summed E-state index contributed by atoms with van der Waals surface area (Å²) in [6, 6.07) is 55.8. The number of anilines is 3. The van der Waals surface area contributed by atoms with Crippen molar-refractivity contribution in [3.05, 3.63) is 200 Å². The van der Waals surface area contributed by atoms with Crippen LogP contribution >= 0.6 is 0 Å². The first-order valence-electron chi connectivity index (χ1n) is 51.0. The molecular weight excluding hydrogens is 1870 g/mol. The molecule has 141 heavy (non-hydrogen) atoms. The van der Waals surface area contributed by atoms with Gasteiger partial charge in [-0.25, -0.2) is 15.0 Å². The molecule has 0 atom stereocenters. The predicted octanol–water partition coefficient (Wildman–Crippen LogP) is 21.8. The molecule has 3 aromatic carbocycles. The summed E-state index contributed by atoms with van der Waals surface area (Å²) in [5.74, 6) is 3.05. The molecule has 0 aliphatic heterocycles. The molecule has 9 aromatic heterocycles. The minimum atomic E-state index is -1.25. The average Bonchev–Trinajstić information content (AvgIpc) is 1.64. The van der Waals surface area contributed by atoms with E-state index in [4.69, 9.17) is 73.6 Å². The second-order valence-corrected chi connectivity index (χ2v) is 80.3. The maximum atomic E-state index is 10.8. The molecule has 0 unspecified atom stereocenters. The zero-order valence-electron chi connectivity index (χ0n) is 87.2. The second-order valence-electron chi connectivity index (χ2n) is 46.6. The minimum absolute atomic E-state index is 0.148. The molecule has 12 aromatic rings. The molecule has 9 heterocycles. The van der Waals surface area contributed by atoms with Crippen LogP contribution in [0.5, 0.6) is 0 Å². The third kappa shape index (κ3) is 32.1. The number of rotatable bonds is 45. The van der Waals surface area contributed by atoms with E-state index in [1.807, 2.05) is 124 Å². The van der Waals surface area contributed by atoms with E-state index in [0.29, 0.717) is 119 Å². The van der Waals surface area contributed by atoms with E-state index < -0.39 is 65.2 Å². The van der Waals surface area contributed by atoms with Crippen molar-refractivity contribution in [2.24, 2.45) is 0 Å². The number of nitrogens with zero attached hydrogens (tertiary/aromatic N) is 15. The zero-order valence-corrected chi connectivity index (χ0v) is 93.2. The molecule has 0 saturated heterocycles. The van der Waals surface area contributed by atoms with Crippen LogP contribution in [0.4, 0.5) is 17.5 Å². The molecule has 3 fully saturated rings. The Bertz CT molecular complexity index is 5230. The smallest absolute Gasteiger partial charge is 0.165 e. The van der Waals surface area contributed by atoms with Gasteiger partial charge in [0.1, 0.15) is 57.8 Å². The van der Waals surface area contributed by atoms with Crippen LogP contribution in [-0.2, 0) is 28.4 Å². The van der Waals surface area contributed by atoms with Crippen molar-refractivity contribution in [1.29, 1.82) is 0 Å². The predicted molar refractivity (Wildman–Crippen MR) is 586 cm³/mol. The molecule has 33 heteroatoms. The van der Waals surface area contributed by atoms with Crippen LogP contribution in [0.25, 0.3) is 84.1 Å². The third-order valence-electron chi connectivity index (χ3n) is 27.2. The van der Waals surface area contributed by atoms with Gasteiger partial charge in [-0.15, -0.1) is 0 Å².